The van der Waals surface area contributed by atoms with Gasteiger partial charge in [0.05, 0.1) is 16.8 Å². The van der Waals surface area contributed by atoms with Gasteiger partial charge in [-0.1, -0.05) is 36.4 Å². The van der Waals surface area contributed by atoms with Crippen molar-refractivity contribution >= 4 is 29.1 Å². The number of imide groups is 1. The van der Waals surface area contributed by atoms with Gasteiger partial charge in [0.25, 0.3) is 17.7 Å². The van der Waals surface area contributed by atoms with E-state index in [-0.39, 0.29) is 17.7 Å². The van der Waals surface area contributed by atoms with Crippen molar-refractivity contribution in [1.29, 1.82) is 0 Å². The zero-order valence-electron chi connectivity index (χ0n) is 15.5. The molecular formula is C23H18N2O3. The fourth-order valence-electron chi connectivity index (χ4n) is 3.41. The fraction of sp³-hybridized carbons (Fsp3) is 0.0870. The van der Waals surface area contributed by atoms with Gasteiger partial charge < -0.3 is 5.32 Å². The van der Waals surface area contributed by atoms with Gasteiger partial charge in [0, 0.05) is 11.3 Å². The third kappa shape index (κ3) is 2.87. The van der Waals surface area contributed by atoms with Crippen LogP contribution in [0.1, 0.15) is 42.2 Å². The molecule has 0 aliphatic carbocycles. The highest BCUT2D eigenvalue weighted by Crippen LogP contribution is 2.29. The number of benzene rings is 3. The molecule has 28 heavy (non-hydrogen) atoms. The largest absolute Gasteiger partial charge is 0.322 e. The molecule has 3 amide bonds. The monoisotopic (exact) mass is 370 g/mol. The van der Waals surface area contributed by atoms with Crippen molar-refractivity contribution in [3.05, 3.63) is 94.5 Å². The summed E-state index contributed by atoms with van der Waals surface area (Å²) in [5.41, 5.74) is 4.18. The van der Waals surface area contributed by atoms with Gasteiger partial charge in [-0.15, -0.1) is 0 Å². The van der Waals surface area contributed by atoms with E-state index in [1.165, 1.54) is 0 Å². The van der Waals surface area contributed by atoms with Crippen LogP contribution in [0, 0.1) is 13.8 Å². The molecule has 0 bridgehead atoms. The quantitative estimate of drug-likeness (QED) is 0.697. The molecule has 1 N–H and O–H groups in total. The first kappa shape index (κ1) is 17.7. The highest BCUT2D eigenvalue weighted by atomic mass is 16.2. The van der Waals surface area contributed by atoms with Crippen molar-refractivity contribution in [1.82, 2.24) is 0 Å². The molecule has 5 nitrogen and oxygen atoms in total. The van der Waals surface area contributed by atoms with Crippen molar-refractivity contribution in [2.24, 2.45) is 0 Å². The fourth-order valence-corrected chi connectivity index (χ4v) is 3.41. The van der Waals surface area contributed by atoms with Crippen LogP contribution < -0.4 is 10.2 Å². The van der Waals surface area contributed by atoms with Crippen molar-refractivity contribution < 1.29 is 14.4 Å². The average Bonchev–Trinajstić information content (AvgIpc) is 2.96. The highest BCUT2D eigenvalue weighted by molar-refractivity contribution is 6.34. The second-order valence-corrected chi connectivity index (χ2v) is 6.76. The van der Waals surface area contributed by atoms with Crippen LogP contribution in [0.2, 0.25) is 0 Å². The number of fused-ring (bicyclic) bond motifs is 1. The van der Waals surface area contributed by atoms with E-state index >= 15 is 0 Å². The molecule has 3 aromatic rings. The topological polar surface area (TPSA) is 66.5 Å². The van der Waals surface area contributed by atoms with Crippen molar-refractivity contribution in [2.75, 3.05) is 10.2 Å². The first-order valence-corrected chi connectivity index (χ1v) is 8.93. The molecule has 1 aliphatic heterocycles. The Balaban J connectivity index is 1.65. The van der Waals surface area contributed by atoms with Crippen molar-refractivity contribution in [2.45, 2.75) is 13.8 Å². The molecule has 1 aliphatic rings. The minimum absolute atomic E-state index is 0.296. The molecule has 0 radical (unpaired) electrons. The van der Waals surface area contributed by atoms with Crippen LogP contribution >= 0.6 is 0 Å². The maximum absolute atomic E-state index is 12.8. The minimum Gasteiger partial charge on any atom is -0.322 e. The van der Waals surface area contributed by atoms with Crippen molar-refractivity contribution in [3.63, 3.8) is 0 Å². The van der Waals surface area contributed by atoms with Gasteiger partial charge in [-0.25, -0.2) is 4.90 Å². The van der Waals surface area contributed by atoms with E-state index in [0.29, 0.717) is 22.4 Å². The number of nitrogens with zero attached hydrogens (tertiary/aromatic N) is 1. The van der Waals surface area contributed by atoms with Gasteiger partial charge in [0.2, 0.25) is 0 Å². The standard InChI is InChI=1S/C23H18N2O3/c1-14-7-5-8-15(2)20(14)24-21(26)16-9-6-10-17(13-16)25-22(27)18-11-3-4-12-19(18)23(25)28/h3-13H,1-2H3,(H,24,26). The van der Waals surface area contributed by atoms with Crippen LogP contribution in [0.4, 0.5) is 11.4 Å². The summed E-state index contributed by atoms with van der Waals surface area (Å²) in [6.45, 7) is 3.86. The second-order valence-electron chi connectivity index (χ2n) is 6.76. The smallest absolute Gasteiger partial charge is 0.266 e. The minimum atomic E-state index is -0.382. The third-order valence-corrected chi connectivity index (χ3v) is 4.88. The zero-order valence-corrected chi connectivity index (χ0v) is 15.5. The molecule has 3 aromatic carbocycles. The molecule has 0 spiro atoms. The van der Waals surface area contributed by atoms with Crippen molar-refractivity contribution in [3.8, 4) is 0 Å². The molecule has 0 unspecified atom stereocenters. The number of para-hydroxylation sites is 1. The number of amides is 3. The normalized spacial score (nSPS) is 12.9. The number of nitrogens with one attached hydrogen (secondary N) is 1. The zero-order chi connectivity index (χ0) is 19.8. The maximum atomic E-state index is 12.8. The van der Waals surface area contributed by atoms with Gasteiger partial charge in [-0.2, -0.15) is 0 Å². The lowest BCUT2D eigenvalue weighted by Gasteiger charge is -2.16. The number of anilines is 2. The summed E-state index contributed by atoms with van der Waals surface area (Å²) in [5, 5.41) is 2.92. The number of carbonyl (C=O) groups excluding carboxylic acids is 3. The van der Waals surface area contributed by atoms with Crippen LogP contribution in [0.25, 0.3) is 0 Å². The van der Waals surface area contributed by atoms with Crippen LogP contribution in [0.15, 0.2) is 66.7 Å². The Kier molecular flexibility index (Phi) is 4.28. The number of hydrogen-bond donors (Lipinski definition) is 1. The van der Waals surface area contributed by atoms with Gasteiger partial charge in [-0.3, -0.25) is 14.4 Å². The molecule has 0 fully saturated rings. The van der Waals surface area contributed by atoms with Gasteiger partial charge in [0.15, 0.2) is 0 Å². The third-order valence-electron chi connectivity index (χ3n) is 4.88. The van der Waals surface area contributed by atoms with Crippen LogP contribution in [0.3, 0.4) is 0 Å². The summed E-state index contributed by atoms with van der Waals surface area (Å²) < 4.78 is 0. The predicted octanol–water partition coefficient (Wildman–Crippen LogP) is 4.36. The van der Waals surface area contributed by atoms with E-state index in [4.69, 9.17) is 0 Å². The number of hydrogen-bond acceptors (Lipinski definition) is 3. The molecular weight excluding hydrogens is 352 g/mol. The van der Waals surface area contributed by atoms with Crippen LogP contribution in [-0.4, -0.2) is 17.7 Å². The Morgan fingerprint density at radius 1 is 0.786 bits per heavy atom. The van der Waals surface area contributed by atoms with E-state index < -0.39 is 0 Å². The van der Waals surface area contributed by atoms with Gasteiger partial charge in [0.1, 0.15) is 0 Å². The summed E-state index contributed by atoms with van der Waals surface area (Å²) in [6, 6.07) is 19.0. The Hall–Kier alpha value is -3.73. The summed E-state index contributed by atoms with van der Waals surface area (Å²) in [7, 11) is 0. The molecule has 0 atom stereocenters. The molecule has 4 rings (SSSR count). The van der Waals surface area contributed by atoms with E-state index in [2.05, 4.69) is 5.32 Å². The Labute approximate surface area is 162 Å². The Bertz CT molecular complexity index is 1080. The number of carbonyl (C=O) groups is 3. The van der Waals surface area contributed by atoms with Crippen LogP contribution in [0.5, 0.6) is 0 Å². The lowest BCUT2D eigenvalue weighted by molar-refractivity contribution is 0.0924. The molecule has 0 aromatic heterocycles. The average molecular weight is 370 g/mol. The lowest BCUT2D eigenvalue weighted by atomic mass is 10.1. The predicted molar refractivity (Wildman–Crippen MR) is 108 cm³/mol. The first-order chi connectivity index (χ1) is 13.5. The Morgan fingerprint density at radius 3 is 1.96 bits per heavy atom. The first-order valence-electron chi connectivity index (χ1n) is 8.93. The summed E-state index contributed by atoms with van der Waals surface area (Å²) in [6.07, 6.45) is 0. The van der Waals surface area contributed by atoms with Gasteiger partial charge in [-0.05, 0) is 55.3 Å². The maximum Gasteiger partial charge on any atom is 0.266 e. The van der Waals surface area contributed by atoms with E-state index in [0.717, 1.165) is 21.7 Å². The summed E-state index contributed by atoms with van der Waals surface area (Å²) >= 11 is 0. The molecule has 0 saturated carbocycles. The number of aryl methyl sites for hydroxylation is 2. The van der Waals surface area contributed by atoms with Gasteiger partial charge >= 0.3 is 0 Å². The number of rotatable bonds is 3. The highest BCUT2D eigenvalue weighted by Gasteiger charge is 2.36. The van der Waals surface area contributed by atoms with E-state index in [9.17, 15) is 14.4 Å². The van der Waals surface area contributed by atoms with Crippen LogP contribution in [-0.2, 0) is 0 Å². The second kappa shape index (κ2) is 6.78. The van der Waals surface area contributed by atoms with E-state index in [1.54, 1.807) is 48.5 Å². The van der Waals surface area contributed by atoms with E-state index in [1.807, 2.05) is 32.0 Å². The Morgan fingerprint density at radius 2 is 1.36 bits per heavy atom. The molecule has 0 saturated heterocycles. The SMILES string of the molecule is Cc1cccc(C)c1NC(=O)c1cccc(N2C(=O)c3ccccc3C2=O)c1. The lowest BCUT2D eigenvalue weighted by Crippen LogP contribution is -2.29. The summed E-state index contributed by atoms with van der Waals surface area (Å²) in [4.78, 5) is 39.2. The molecule has 1 heterocycles. The molecule has 138 valence electrons. The molecule has 5 heteroatoms. The summed E-state index contributed by atoms with van der Waals surface area (Å²) in [5.74, 6) is -1.06.